The second kappa shape index (κ2) is 5.60. The first-order valence-electron chi connectivity index (χ1n) is 7.75. The normalized spacial score (nSPS) is 13.6. The number of benzene rings is 2. The van der Waals surface area contributed by atoms with Crippen LogP contribution >= 0.6 is 0 Å². The molecule has 5 heteroatoms. The van der Waals surface area contributed by atoms with Gasteiger partial charge in [0.2, 0.25) is 5.91 Å². The number of nitrogens with zero attached hydrogens (tertiary/aromatic N) is 1. The molecule has 0 spiro atoms. The van der Waals surface area contributed by atoms with Gasteiger partial charge in [0.1, 0.15) is 0 Å². The van der Waals surface area contributed by atoms with Crippen LogP contribution in [0.15, 0.2) is 36.4 Å². The van der Waals surface area contributed by atoms with E-state index in [2.05, 4.69) is 0 Å². The van der Waals surface area contributed by atoms with Crippen molar-refractivity contribution in [3.63, 3.8) is 0 Å². The Bertz CT molecular complexity index is 884. The predicted molar refractivity (Wildman–Crippen MR) is 91.4 cm³/mol. The van der Waals surface area contributed by atoms with Crippen LogP contribution in [0.4, 0.5) is 5.69 Å². The fourth-order valence-corrected chi connectivity index (χ4v) is 3.15. The van der Waals surface area contributed by atoms with Crippen LogP contribution in [0.2, 0.25) is 0 Å². The molecule has 0 fully saturated rings. The van der Waals surface area contributed by atoms with Crippen LogP contribution in [0.3, 0.4) is 0 Å². The van der Waals surface area contributed by atoms with E-state index in [1.165, 1.54) is 11.0 Å². The average molecular weight is 322 g/mol. The molecule has 0 bridgehead atoms. The molecule has 0 aromatic heterocycles. The first-order valence-corrected chi connectivity index (χ1v) is 7.75. The molecule has 3 rings (SSSR count). The Morgan fingerprint density at radius 2 is 1.71 bits per heavy atom. The standard InChI is InChI=1S/C19H18N2O3/c1-10(2)12-7-4-6-11(3)16(12)21-18(23)14-9-5-8-13(17(20)22)15(14)19(21)24/h4-10H,1-3H3,(H2,20,22). The van der Waals surface area contributed by atoms with Crippen LogP contribution in [0, 0.1) is 6.92 Å². The lowest BCUT2D eigenvalue weighted by Crippen LogP contribution is -2.31. The number of imide groups is 1. The molecule has 122 valence electrons. The molecular weight excluding hydrogens is 304 g/mol. The first kappa shape index (κ1) is 15.9. The van der Waals surface area contributed by atoms with Crippen molar-refractivity contribution in [1.82, 2.24) is 0 Å². The highest BCUT2D eigenvalue weighted by Gasteiger charge is 2.40. The van der Waals surface area contributed by atoms with Crippen molar-refractivity contribution in [2.75, 3.05) is 4.90 Å². The van der Waals surface area contributed by atoms with Gasteiger partial charge < -0.3 is 5.73 Å². The molecule has 0 radical (unpaired) electrons. The second-order valence-electron chi connectivity index (χ2n) is 6.21. The van der Waals surface area contributed by atoms with Gasteiger partial charge in [0.25, 0.3) is 11.8 Å². The lowest BCUT2D eigenvalue weighted by Gasteiger charge is -2.22. The number of primary amides is 1. The van der Waals surface area contributed by atoms with Crippen LogP contribution in [0.5, 0.6) is 0 Å². The number of carbonyl (C=O) groups is 3. The van der Waals surface area contributed by atoms with Gasteiger partial charge in [0.15, 0.2) is 0 Å². The number of nitrogens with two attached hydrogens (primary N) is 1. The Balaban J connectivity index is 2.24. The molecule has 1 aliphatic rings. The van der Waals surface area contributed by atoms with E-state index in [0.717, 1.165) is 11.1 Å². The number of carbonyl (C=O) groups excluding carboxylic acids is 3. The third-order valence-electron chi connectivity index (χ3n) is 4.29. The van der Waals surface area contributed by atoms with Crippen molar-refractivity contribution in [2.24, 2.45) is 5.73 Å². The van der Waals surface area contributed by atoms with Gasteiger partial charge in [-0.2, -0.15) is 0 Å². The van der Waals surface area contributed by atoms with E-state index in [4.69, 9.17) is 5.73 Å². The van der Waals surface area contributed by atoms with Gasteiger partial charge in [-0.1, -0.05) is 38.1 Å². The number of amides is 3. The molecule has 2 aromatic rings. The molecule has 0 atom stereocenters. The van der Waals surface area contributed by atoms with E-state index in [1.807, 2.05) is 39.0 Å². The predicted octanol–water partition coefficient (Wildman–Crippen LogP) is 3.02. The summed E-state index contributed by atoms with van der Waals surface area (Å²) in [6, 6.07) is 10.3. The van der Waals surface area contributed by atoms with Crippen molar-refractivity contribution in [2.45, 2.75) is 26.7 Å². The smallest absolute Gasteiger partial charge is 0.266 e. The number of hydrogen-bond acceptors (Lipinski definition) is 3. The molecular formula is C19H18N2O3. The zero-order valence-electron chi connectivity index (χ0n) is 13.8. The summed E-state index contributed by atoms with van der Waals surface area (Å²) in [6.07, 6.45) is 0. The van der Waals surface area contributed by atoms with Gasteiger partial charge in [0.05, 0.1) is 22.4 Å². The zero-order chi connectivity index (χ0) is 17.6. The van der Waals surface area contributed by atoms with Gasteiger partial charge in [-0.05, 0) is 36.1 Å². The van der Waals surface area contributed by atoms with Crippen molar-refractivity contribution in [3.05, 3.63) is 64.2 Å². The Morgan fingerprint density at radius 1 is 1.04 bits per heavy atom. The minimum Gasteiger partial charge on any atom is -0.366 e. The average Bonchev–Trinajstić information content (AvgIpc) is 2.79. The third kappa shape index (κ3) is 2.21. The van der Waals surface area contributed by atoms with E-state index < -0.39 is 17.7 Å². The maximum absolute atomic E-state index is 13.0. The molecule has 0 saturated carbocycles. The number of anilines is 1. The Kier molecular flexibility index (Phi) is 3.72. The third-order valence-corrected chi connectivity index (χ3v) is 4.29. The number of aryl methyl sites for hydroxylation is 1. The van der Waals surface area contributed by atoms with Gasteiger partial charge >= 0.3 is 0 Å². The molecule has 2 aromatic carbocycles. The molecule has 0 unspecified atom stereocenters. The first-order chi connectivity index (χ1) is 11.3. The Labute approximate surface area is 140 Å². The number of rotatable bonds is 3. The molecule has 2 N–H and O–H groups in total. The lowest BCUT2D eigenvalue weighted by atomic mass is 9.97. The summed E-state index contributed by atoms with van der Waals surface area (Å²) in [5, 5.41) is 0. The van der Waals surface area contributed by atoms with Crippen LogP contribution in [-0.4, -0.2) is 17.7 Å². The maximum atomic E-state index is 13.0. The van der Waals surface area contributed by atoms with Crippen molar-refractivity contribution in [3.8, 4) is 0 Å². The molecule has 24 heavy (non-hydrogen) atoms. The lowest BCUT2D eigenvalue weighted by molar-refractivity contribution is 0.0918. The zero-order valence-corrected chi connectivity index (χ0v) is 13.8. The fourth-order valence-electron chi connectivity index (χ4n) is 3.15. The highest BCUT2D eigenvalue weighted by Crippen LogP contribution is 2.37. The Morgan fingerprint density at radius 3 is 2.33 bits per heavy atom. The summed E-state index contributed by atoms with van der Waals surface area (Å²) in [5.41, 5.74) is 8.08. The summed E-state index contributed by atoms with van der Waals surface area (Å²) in [6.45, 7) is 5.87. The topological polar surface area (TPSA) is 80.5 Å². The molecule has 0 saturated heterocycles. The summed E-state index contributed by atoms with van der Waals surface area (Å²) in [5.74, 6) is -1.50. The van der Waals surface area contributed by atoms with Crippen molar-refractivity contribution >= 4 is 23.4 Å². The minimum atomic E-state index is -0.719. The largest absolute Gasteiger partial charge is 0.366 e. The van der Waals surface area contributed by atoms with Crippen LogP contribution in [0.25, 0.3) is 0 Å². The van der Waals surface area contributed by atoms with Crippen LogP contribution in [0.1, 0.15) is 62.0 Å². The number of para-hydroxylation sites is 1. The van der Waals surface area contributed by atoms with E-state index in [0.29, 0.717) is 5.69 Å². The van der Waals surface area contributed by atoms with Crippen molar-refractivity contribution < 1.29 is 14.4 Å². The van der Waals surface area contributed by atoms with Gasteiger partial charge in [-0.25, -0.2) is 4.90 Å². The van der Waals surface area contributed by atoms with Crippen LogP contribution < -0.4 is 10.6 Å². The maximum Gasteiger partial charge on any atom is 0.266 e. The van der Waals surface area contributed by atoms with Crippen LogP contribution in [-0.2, 0) is 0 Å². The molecule has 3 amide bonds. The van der Waals surface area contributed by atoms with Gasteiger partial charge in [0, 0.05) is 0 Å². The summed E-state index contributed by atoms with van der Waals surface area (Å²) in [4.78, 5) is 38.6. The number of hydrogen-bond donors (Lipinski definition) is 1. The summed E-state index contributed by atoms with van der Waals surface area (Å²) < 4.78 is 0. The quantitative estimate of drug-likeness (QED) is 0.882. The molecule has 0 aliphatic carbocycles. The van der Waals surface area contributed by atoms with E-state index in [1.54, 1.807) is 12.1 Å². The number of fused-ring (bicyclic) bond motifs is 1. The van der Waals surface area contributed by atoms with E-state index in [-0.39, 0.29) is 22.6 Å². The minimum absolute atomic E-state index is 0.0769. The van der Waals surface area contributed by atoms with E-state index >= 15 is 0 Å². The molecule has 1 aliphatic heterocycles. The molecule has 5 nitrogen and oxygen atoms in total. The highest BCUT2D eigenvalue weighted by atomic mass is 16.2. The Hall–Kier alpha value is -2.95. The van der Waals surface area contributed by atoms with Crippen molar-refractivity contribution in [1.29, 1.82) is 0 Å². The summed E-state index contributed by atoms with van der Waals surface area (Å²) >= 11 is 0. The second-order valence-corrected chi connectivity index (χ2v) is 6.21. The fraction of sp³-hybridized carbons (Fsp3) is 0.211. The summed E-state index contributed by atoms with van der Waals surface area (Å²) in [7, 11) is 0. The highest BCUT2D eigenvalue weighted by molar-refractivity contribution is 6.36. The van der Waals surface area contributed by atoms with Gasteiger partial charge in [-0.15, -0.1) is 0 Å². The van der Waals surface area contributed by atoms with E-state index in [9.17, 15) is 14.4 Å². The molecule has 1 heterocycles. The monoisotopic (exact) mass is 322 g/mol. The van der Waals surface area contributed by atoms with Gasteiger partial charge in [-0.3, -0.25) is 14.4 Å². The SMILES string of the molecule is Cc1cccc(C(C)C)c1N1C(=O)c2cccc(C(N)=O)c2C1=O.